The van der Waals surface area contributed by atoms with Gasteiger partial charge in [0.25, 0.3) is 0 Å². The van der Waals surface area contributed by atoms with E-state index in [1.54, 1.807) is 0 Å². The molecule has 0 saturated heterocycles. The van der Waals surface area contributed by atoms with E-state index in [9.17, 15) is 5.11 Å². The predicted molar refractivity (Wildman–Crippen MR) is 91.5 cm³/mol. The molecule has 1 aliphatic rings. The van der Waals surface area contributed by atoms with Gasteiger partial charge in [0, 0.05) is 10.8 Å². The Hall–Kier alpha value is 0.270. The van der Waals surface area contributed by atoms with E-state index in [0.29, 0.717) is 0 Å². The van der Waals surface area contributed by atoms with Crippen LogP contribution in [0.25, 0.3) is 0 Å². The first kappa shape index (κ1) is 18.3. The van der Waals surface area contributed by atoms with Crippen molar-refractivity contribution in [3.05, 3.63) is 0 Å². The Bertz CT molecular complexity index is 243. The largest absolute Gasteiger partial charge is 0.394 e. The number of aliphatic hydroxyl groups excluding tert-OH is 1. The second-order valence-corrected chi connectivity index (χ2v) is 8.00. The second kappa shape index (κ2) is 10.1. The summed E-state index contributed by atoms with van der Waals surface area (Å²) in [5.41, 5.74) is -0.0313. The van der Waals surface area contributed by atoms with E-state index in [1.807, 2.05) is 0 Å². The molecule has 1 fully saturated rings. The van der Waals surface area contributed by atoms with Gasteiger partial charge in [-0.1, -0.05) is 33.6 Å². The first-order chi connectivity index (χ1) is 9.65. The van der Waals surface area contributed by atoms with Crippen molar-refractivity contribution in [1.29, 1.82) is 0 Å². The molecule has 3 heteroatoms. The third-order valence-corrected chi connectivity index (χ3v) is 6.19. The van der Waals surface area contributed by atoms with Crippen molar-refractivity contribution in [3.63, 3.8) is 0 Å². The number of nitrogens with one attached hydrogen (secondary N) is 1. The molecule has 0 spiro atoms. The molecule has 3 unspecified atom stereocenters. The molecule has 1 aliphatic carbocycles. The average molecular weight is 302 g/mol. The van der Waals surface area contributed by atoms with E-state index < -0.39 is 0 Å². The monoisotopic (exact) mass is 301 g/mol. The standard InChI is InChI=1S/C17H35NOS/c1-4-11-18-17(5-2,14-19)10-7-12-20-16-9-6-8-15(3)13-16/h15-16,18-19H,4-14H2,1-3H3. The zero-order chi connectivity index (χ0) is 14.8. The van der Waals surface area contributed by atoms with Crippen molar-refractivity contribution in [2.24, 2.45) is 5.92 Å². The number of hydrogen-bond donors (Lipinski definition) is 2. The zero-order valence-corrected chi connectivity index (χ0v) is 14.6. The highest BCUT2D eigenvalue weighted by molar-refractivity contribution is 7.99. The summed E-state index contributed by atoms with van der Waals surface area (Å²) in [5, 5.41) is 14.2. The molecule has 0 amide bonds. The minimum Gasteiger partial charge on any atom is -0.394 e. The molecule has 0 aromatic carbocycles. The summed E-state index contributed by atoms with van der Waals surface area (Å²) in [7, 11) is 0. The predicted octanol–water partition coefficient (Wildman–Crippen LogP) is 4.22. The molecule has 0 aliphatic heterocycles. The van der Waals surface area contributed by atoms with Crippen molar-refractivity contribution in [3.8, 4) is 0 Å². The van der Waals surface area contributed by atoms with E-state index in [1.165, 1.54) is 37.9 Å². The zero-order valence-electron chi connectivity index (χ0n) is 13.8. The van der Waals surface area contributed by atoms with Crippen LogP contribution in [0.5, 0.6) is 0 Å². The Kier molecular flexibility index (Phi) is 9.23. The molecule has 120 valence electrons. The number of hydrogen-bond acceptors (Lipinski definition) is 3. The normalized spacial score (nSPS) is 26.4. The fourth-order valence-electron chi connectivity index (χ4n) is 3.22. The lowest BCUT2D eigenvalue weighted by atomic mass is 9.90. The summed E-state index contributed by atoms with van der Waals surface area (Å²) in [6.45, 7) is 8.06. The van der Waals surface area contributed by atoms with E-state index in [-0.39, 0.29) is 12.1 Å². The van der Waals surface area contributed by atoms with Crippen LogP contribution < -0.4 is 5.32 Å². The molecular formula is C17H35NOS. The van der Waals surface area contributed by atoms with Gasteiger partial charge in [-0.15, -0.1) is 0 Å². The van der Waals surface area contributed by atoms with Crippen molar-refractivity contribution in [2.45, 2.75) is 82.9 Å². The SMILES string of the molecule is CCCNC(CC)(CO)CCCSC1CCCC(C)C1. The summed E-state index contributed by atoms with van der Waals surface area (Å²) >= 11 is 2.18. The highest BCUT2D eigenvalue weighted by atomic mass is 32.2. The molecule has 3 atom stereocenters. The van der Waals surface area contributed by atoms with Crippen LogP contribution in [0.4, 0.5) is 0 Å². The Morgan fingerprint density at radius 2 is 2.10 bits per heavy atom. The fourth-order valence-corrected chi connectivity index (χ4v) is 4.66. The van der Waals surface area contributed by atoms with Gasteiger partial charge < -0.3 is 10.4 Å². The second-order valence-electron chi connectivity index (χ2n) is 6.59. The highest BCUT2D eigenvalue weighted by Gasteiger charge is 2.26. The first-order valence-electron chi connectivity index (χ1n) is 8.63. The Balaban J connectivity index is 2.22. The quantitative estimate of drug-likeness (QED) is 0.593. The molecule has 1 saturated carbocycles. The molecule has 2 nitrogen and oxygen atoms in total. The number of aliphatic hydroxyl groups is 1. The maximum absolute atomic E-state index is 9.72. The molecule has 0 heterocycles. The lowest BCUT2D eigenvalue weighted by molar-refractivity contribution is 0.146. The van der Waals surface area contributed by atoms with E-state index >= 15 is 0 Å². The van der Waals surface area contributed by atoms with Gasteiger partial charge in [0.2, 0.25) is 0 Å². The van der Waals surface area contributed by atoms with Crippen LogP contribution in [-0.2, 0) is 0 Å². The Morgan fingerprint density at radius 1 is 1.30 bits per heavy atom. The van der Waals surface area contributed by atoms with Crippen molar-refractivity contribution >= 4 is 11.8 Å². The fraction of sp³-hybridized carbons (Fsp3) is 1.00. The smallest absolute Gasteiger partial charge is 0.0613 e. The Labute approximate surface area is 130 Å². The summed E-state index contributed by atoms with van der Waals surface area (Å²) < 4.78 is 0. The average Bonchev–Trinajstić information content (AvgIpc) is 2.47. The lowest BCUT2D eigenvalue weighted by Gasteiger charge is -2.32. The molecule has 0 aromatic heterocycles. The van der Waals surface area contributed by atoms with Gasteiger partial charge in [-0.25, -0.2) is 0 Å². The minimum atomic E-state index is -0.0313. The molecule has 2 N–H and O–H groups in total. The van der Waals surface area contributed by atoms with Crippen molar-refractivity contribution in [1.82, 2.24) is 5.32 Å². The Morgan fingerprint density at radius 3 is 2.70 bits per heavy atom. The van der Waals surface area contributed by atoms with Crippen LogP contribution in [0.1, 0.15) is 72.1 Å². The van der Waals surface area contributed by atoms with Crippen LogP contribution in [0, 0.1) is 5.92 Å². The molecule has 0 radical (unpaired) electrons. The molecular weight excluding hydrogens is 266 g/mol. The van der Waals surface area contributed by atoms with Crippen LogP contribution in [-0.4, -0.2) is 34.8 Å². The van der Waals surface area contributed by atoms with Gasteiger partial charge in [0.1, 0.15) is 0 Å². The van der Waals surface area contributed by atoms with Crippen LogP contribution in [0.2, 0.25) is 0 Å². The van der Waals surface area contributed by atoms with Crippen LogP contribution in [0.3, 0.4) is 0 Å². The van der Waals surface area contributed by atoms with E-state index in [4.69, 9.17) is 0 Å². The number of thioether (sulfide) groups is 1. The summed E-state index contributed by atoms with van der Waals surface area (Å²) in [5.74, 6) is 2.19. The number of rotatable bonds is 10. The van der Waals surface area contributed by atoms with Gasteiger partial charge >= 0.3 is 0 Å². The third kappa shape index (κ3) is 6.36. The topological polar surface area (TPSA) is 32.3 Å². The molecule has 0 aromatic rings. The van der Waals surface area contributed by atoms with Crippen LogP contribution in [0.15, 0.2) is 0 Å². The van der Waals surface area contributed by atoms with Crippen molar-refractivity contribution in [2.75, 3.05) is 18.9 Å². The van der Waals surface area contributed by atoms with E-state index in [2.05, 4.69) is 37.8 Å². The maximum atomic E-state index is 9.72. The summed E-state index contributed by atoms with van der Waals surface area (Å²) in [6, 6.07) is 0. The van der Waals surface area contributed by atoms with Gasteiger partial charge in [-0.2, -0.15) is 11.8 Å². The first-order valence-corrected chi connectivity index (χ1v) is 9.68. The minimum absolute atomic E-state index is 0.0313. The van der Waals surface area contributed by atoms with Crippen molar-refractivity contribution < 1.29 is 5.11 Å². The van der Waals surface area contributed by atoms with E-state index in [0.717, 1.165) is 37.0 Å². The van der Waals surface area contributed by atoms with Crippen LogP contribution >= 0.6 is 11.8 Å². The van der Waals surface area contributed by atoms with Gasteiger partial charge in [-0.3, -0.25) is 0 Å². The highest BCUT2D eigenvalue weighted by Crippen LogP contribution is 2.32. The third-order valence-electron chi connectivity index (χ3n) is 4.77. The maximum Gasteiger partial charge on any atom is 0.0613 e. The van der Waals surface area contributed by atoms with Gasteiger partial charge in [-0.05, 0) is 56.7 Å². The van der Waals surface area contributed by atoms with Gasteiger partial charge in [0.15, 0.2) is 0 Å². The molecule has 1 rings (SSSR count). The summed E-state index contributed by atoms with van der Waals surface area (Å²) in [6.07, 6.45) is 10.2. The lowest BCUT2D eigenvalue weighted by Crippen LogP contribution is -2.48. The summed E-state index contributed by atoms with van der Waals surface area (Å²) in [4.78, 5) is 0. The van der Waals surface area contributed by atoms with Gasteiger partial charge in [0.05, 0.1) is 6.61 Å². The molecule has 0 bridgehead atoms. The molecule has 20 heavy (non-hydrogen) atoms.